The maximum absolute atomic E-state index is 12.9. The van der Waals surface area contributed by atoms with Crippen LogP contribution in [0.25, 0.3) is 11.7 Å². The van der Waals surface area contributed by atoms with Crippen LogP contribution in [0.5, 0.6) is 0 Å². The Hall–Kier alpha value is -3.30. The minimum Gasteiger partial charge on any atom is -0.459 e. The predicted octanol–water partition coefficient (Wildman–Crippen LogP) is 3.99. The number of nitrogens with one attached hydrogen (secondary N) is 2. The van der Waals surface area contributed by atoms with Crippen LogP contribution in [0, 0.1) is 0 Å². The molecular weight excluding hydrogens is 329 g/mol. The van der Waals surface area contributed by atoms with Crippen molar-refractivity contribution < 1.29 is 26.8 Å². The average Bonchev–Trinajstić information content (AvgIpc) is 3.17. The Balaban J connectivity index is 1.71. The Morgan fingerprint density at radius 2 is 1.83 bits per heavy atom. The molecule has 0 bridgehead atoms. The first kappa shape index (κ1) is 15.6. The van der Waals surface area contributed by atoms with E-state index in [2.05, 4.69) is 20.8 Å². The highest BCUT2D eigenvalue weighted by molar-refractivity contribution is 5.99. The van der Waals surface area contributed by atoms with E-state index >= 15 is 0 Å². The van der Waals surface area contributed by atoms with Gasteiger partial charge < -0.3 is 14.2 Å². The summed E-state index contributed by atoms with van der Waals surface area (Å²) in [5.74, 6) is 0.310. The van der Waals surface area contributed by atoms with Crippen molar-refractivity contribution in [3.8, 4) is 11.7 Å². The fourth-order valence-electron chi connectivity index (χ4n) is 1.86. The van der Waals surface area contributed by atoms with Crippen molar-refractivity contribution in [2.75, 3.05) is 10.6 Å². The number of benzene rings is 1. The van der Waals surface area contributed by atoms with Gasteiger partial charge in [0.05, 0.1) is 17.5 Å². The van der Waals surface area contributed by atoms with Gasteiger partial charge in [0, 0.05) is 0 Å². The van der Waals surface area contributed by atoms with Gasteiger partial charge in [0.2, 0.25) is 0 Å². The molecule has 0 saturated heterocycles. The Kier molecular flexibility index (Phi) is 3.94. The lowest BCUT2D eigenvalue weighted by molar-refractivity contribution is -0.136. The van der Waals surface area contributed by atoms with Crippen LogP contribution in [0.15, 0.2) is 51.5 Å². The number of urea groups is 1. The molecule has 3 rings (SSSR count). The number of hydrogen-bond donors (Lipinski definition) is 2. The van der Waals surface area contributed by atoms with Crippen LogP contribution in [0.3, 0.4) is 0 Å². The first-order chi connectivity index (χ1) is 11.4. The summed E-state index contributed by atoms with van der Waals surface area (Å²) in [6, 6.07) is 6.50. The molecule has 1 aromatic carbocycles. The second-order valence-corrected chi connectivity index (χ2v) is 4.51. The summed E-state index contributed by atoms with van der Waals surface area (Å²) in [5.41, 5.74) is -1.37. The Bertz CT molecular complexity index is 843. The summed E-state index contributed by atoms with van der Waals surface area (Å²) in [6.45, 7) is 0. The van der Waals surface area contributed by atoms with Crippen molar-refractivity contribution in [3.05, 3.63) is 48.2 Å². The summed E-state index contributed by atoms with van der Waals surface area (Å²) < 4.78 is 48.8. The molecule has 3 aromatic rings. The molecule has 24 heavy (non-hydrogen) atoms. The van der Waals surface area contributed by atoms with Crippen molar-refractivity contribution in [3.63, 3.8) is 0 Å². The van der Waals surface area contributed by atoms with Crippen LogP contribution >= 0.6 is 0 Å². The van der Waals surface area contributed by atoms with Gasteiger partial charge in [0.1, 0.15) is 0 Å². The van der Waals surface area contributed by atoms with Gasteiger partial charge in [-0.1, -0.05) is 17.2 Å². The Labute approximate surface area is 132 Å². The first-order valence-corrected chi connectivity index (χ1v) is 6.55. The summed E-state index contributed by atoms with van der Waals surface area (Å²) in [5, 5.41) is 11.4. The quantitative estimate of drug-likeness (QED) is 0.753. The second kappa shape index (κ2) is 6.07. The minimum absolute atomic E-state index is 0.0194. The number of rotatable bonds is 3. The number of anilines is 2. The molecule has 7 nitrogen and oxygen atoms in total. The number of nitrogens with zero attached hydrogens (tertiary/aromatic N) is 2. The van der Waals surface area contributed by atoms with Crippen molar-refractivity contribution in [2.45, 2.75) is 6.18 Å². The number of alkyl halides is 3. The number of halogens is 3. The number of aromatic nitrogens is 2. The van der Waals surface area contributed by atoms with Crippen LogP contribution in [0.1, 0.15) is 5.56 Å². The van der Waals surface area contributed by atoms with Gasteiger partial charge >= 0.3 is 18.2 Å². The number of amides is 2. The molecule has 0 aliphatic heterocycles. The molecule has 0 fully saturated rings. The summed E-state index contributed by atoms with van der Waals surface area (Å²) in [4.78, 5) is 11.8. The van der Waals surface area contributed by atoms with E-state index in [1.807, 2.05) is 0 Å². The smallest absolute Gasteiger partial charge is 0.418 e. The van der Waals surface area contributed by atoms with Crippen LogP contribution < -0.4 is 10.6 Å². The molecule has 0 spiro atoms. The van der Waals surface area contributed by atoms with Gasteiger partial charge in [0.15, 0.2) is 5.76 Å². The molecule has 0 unspecified atom stereocenters. The Morgan fingerprint density at radius 1 is 1.04 bits per heavy atom. The molecule has 0 atom stereocenters. The minimum atomic E-state index is -4.60. The largest absolute Gasteiger partial charge is 0.459 e. The molecular formula is C14H9F3N4O3. The Morgan fingerprint density at radius 3 is 2.54 bits per heavy atom. The van der Waals surface area contributed by atoms with Crippen molar-refractivity contribution in [1.82, 2.24) is 10.2 Å². The van der Waals surface area contributed by atoms with Gasteiger partial charge in [-0.15, -0.1) is 5.10 Å². The van der Waals surface area contributed by atoms with E-state index in [0.717, 1.165) is 12.1 Å². The van der Waals surface area contributed by atoms with Gasteiger partial charge in [-0.05, 0) is 24.3 Å². The summed E-state index contributed by atoms with van der Waals surface area (Å²) in [7, 11) is 0. The van der Waals surface area contributed by atoms with Gasteiger partial charge in [-0.3, -0.25) is 5.32 Å². The molecule has 0 aliphatic rings. The van der Waals surface area contributed by atoms with Gasteiger partial charge in [-0.2, -0.15) is 13.2 Å². The topological polar surface area (TPSA) is 93.2 Å². The SMILES string of the molecule is O=C(Nc1nnc(-c2ccco2)o1)Nc1ccccc1C(F)(F)F. The number of para-hydroxylation sites is 1. The van der Waals surface area contributed by atoms with Crippen molar-refractivity contribution >= 4 is 17.7 Å². The number of furan rings is 1. The lowest BCUT2D eigenvalue weighted by Crippen LogP contribution is -2.22. The summed E-state index contributed by atoms with van der Waals surface area (Å²) in [6.07, 6.45) is -3.20. The van der Waals surface area contributed by atoms with Gasteiger partial charge in [0.25, 0.3) is 5.89 Å². The summed E-state index contributed by atoms with van der Waals surface area (Å²) >= 11 is 0. The lowest BCUT2D eigenvalue weighted by Gasteiger charge is -2.13. The maximum Gasteiger partial charge on any atom is 0.418 e. The van der Waals surface area contributed by atoms with E-state index in [0.29, 0.717) is 5.76 Å². The zero-order valence-corrected chi connectivity index (χ0v) is 11.8. The zero-order chi connectivity index (χ0) is 17.2. The molecule has 2 heterocycles. The van der Waals surface area contributed by atoms with Gasteiger partial charge in [-0.25, -0.2) is 4.79 Å². The van der Waals surface area contributed by atoms with E-state index in [1.165, 1.54) is 18.4 Å². The highest BCUT2D eigenvalue weighted by Gasteiger charge is 2.33. The van der Waals surface area contributed by atoms with E-state index in [4.69, 9.17) is 8.83 Å². The fraction of sp³-hybridized carbons (Fsp3) is 0.0714. The molecule has 2 aromatic heterocycles. The van der Waals surface area contributed by atoms with Crippen LogP contribution in [0.4, 0.5) is 29.7 Å². The monoisotopic (exact) mass is 338 g/mol. The van der Waals surface area contributed by atoms with E-state index in [9.17, 15) is 18.0 Å². The third-order valence-corrected chi connectivity index (χ3v) is 2.86. The number of hydrogen-bond acceptors (Lipinski definition) is 5. The van der Waals surface area contributed by atoms with Crippen molar-refractivity contribution in [2.24, 2.45) is 0 Å². The molecule has 2 N–H and O–H groups in total. The van der Waals surface area contributed by atoms with E-state index in [1.54, 1.807) is 12.1 Å². The molecule has 2 amide bonds. The fourth-order valence-corrected chi connectivity index (χ4v) is 1.86. The number of carbonyl (C=O) groups is 1. The van der Waals surface area contributed by atoms with Crippen LogP contribution in [-0.4, -0.2) is 16.2 Å². The lowest BCUT2D eigenvalue weighted by atomic mass is 10.1. The standard InChI is InChI=1S/C14H9F3N4O3/c15-14(16,17)8-4-1-2-5-9(8)18-12(22)19-13-21-20-11(24-13)10-6-3-7-23-10/h1-7H,(H2,18,19,21,22). The second-order valence-electron chi connectivity index (χ2n) is 4.51. The highest BCUT2D eigenvalue weighted by Crippen LogP contribution is 2.34. The molecule has 0 radical (unpaired) electrons. The maximum atomic E-state index is 12.9. The van der Waals surface area contributed by atoms with E-state index in [-0.39, 0.29) is 11.9 Å². The molecule has 0 aliphatic carbocycles. The third-order valence-electron chi connectivity index (χ3n) is 2.86. The zero-order valence-electron chi connectivity index (χ0n) is 11.8. The first-order valence-electron chi connectivity index (χ1n) is 6.55. The van der Waals surface area contributed by atoms with Crippen LogP contribution in [0.2, 0.25) is 0 Å². The average molecular weight is 338 g/mol. The predicted molar refractivity (Wildman–Crippen MR) is 76.1 cm³/mol. The molecule has 10 heteroatoms. The number of carbonyl (C=O) groups excluding carboxylic acids is 1. The molecule has 0 saturated carbocycles. The van der Waals surface area contributed by atoms with Crippen molar-refractivity contribution in [1.29, 1.82) is 0 Å². The molecule has 124 valence electrons. The third kappa shape index (κ3) is 3.37. The normalized spacial score (nSPS) is 11.3. The van der Waals surface area contributed by atoms with Crippen LogP contribution in [-0.2, 0) is 6.18 Å². The highest BCUT2D eigenvalue weighted by atomic mass is 19.4. The van der Waals surface area contributed by atoms with E-state index < -0.39 is 23.5 Å².